The molecule has 11 heteroatoms. The fourth-order valence-corrected chi connectivity index (χ4v) is 3.14. The Morgan fingerprint density at radius 3 is 2.52 bits per heavy atom. The fourth-order valence-electron chi connectivity index (χ4n) is 2.93. The summed E-state index contributed by atoms with van der Waals surface area (Å²) in [7, 11) is 3.90. The third-order valence-corrected chi connectivity index (χ3v) is 4.69. The number of anilines is 3. The van der Waals surface area contributed by atoms with Gasteiger partial charge in [-0.05, 0) is 51.3 Å². The van der Waals surface area contributed by atoms with Crippen LogP contribution in [0.25, 0.3) is 11.3 Å². The Kier molecular flexibility index (Phi) is 7.93. The van der Waals surface area contributed by atoms with Gasteiger partial charge in [-0.15, -0.1) is 13.2 Å². The number of halogens is 5. The standard InChI is InChI=1S/C22H22ClF4N5O/c1-32(2)11-5-10-28-21-29-18(14-6-3-7-15(12-14)33-22(25,26)27)13-19(31-21)30-20-16(23)8-4-9-17(20)24/h3-4,6-9,12-13H,5,10-11H2,1-2H3,(H2,28,29,30,31). The van der Waals surface area contributed by atoms with Crippen molar-refractivity contribution in [2.75, 3.05) is 37.8 Å². The Bertz CT molecular complexity index is 1070. The average Bonchev–Trinajstić information content (AvgIpc) is 2.73. The van der Waals surface area contributed by atoms with E-state index in [-0.39, 0.29) is 28.2 Å². The molecule has 0 amide bonds. The number of benzene rings is 2. The number of nitrogens with one attached hydrogen (secondary N) is 2. The first-order valence-corrected chi connectivity index (χ1v) is 10.3. The van der Waals surface area contributed by atoms with Crippen LogP contribution in [0, 0.1) is 5.82 Å². The first kappa shape index (κ1) is 24.5. The van der Waals surface area contributed by atoms with Crippen molar-refractivity contribution in [3.63, 3.8) is 0 Å². The van der Waals surface area contributed by atoms with Crippen molar-refractivity contribution >= 4 is 29.1 Å². The van der Waals surface area contributed by atoms with E-state index < -0.39 is 12.2 Å². The second-order valence-corrected chi connectivity index (χ2v) is 7.75. The molecule has 0 spiro atoms. The predicted octanol–water partition coefficient (Wildman–Crippen LogP) is 5.94. The van der Waals surface area contributed by atoms with E-state index in [0.29, 0.717) is 17.8 Å². The molecule has 6 nitrogen and oxygen atoms in total. The number of ether oxygens (including phenoxy) is 1. The van der Waals surface area contributed by atoms with Crippen LogP contribution in [0.1, 0.15) is 6.42 Å². The van der Waals surface area contributed by atoms with Gasteiger partial charge in [0.05, 0.1) is 16.4 Å². The zero-order chi connectivity index (χ0) is 24.0. The summed E-state index contributed by atoms with van der Waals surface area (Å²) < 4.78 is 56.2. The molecule has 1 aromatic heterocycles. The van der Waals surface area contributed by atoms with E-state index in [1.807, 2.05) is 19.0 Å². The number of alkyl halides is 3. The third-order valence-electron chi connectivity index (χ3n) is 4.37. The van der Waals surface area contributed by atoms with E-state index in [0.717, 1.165) is 13.0 Å². The molecule has 0 saturated carbocycles. The van der Waals surface area contributed by atoms with Gasteiger partial charge in [-0.2, -0.15) is 4.98 Å². The van der Waals surface area contributed by atoms with Crippen molar-refractivity contribution < 1.29 is 22.3 Å². The maximum absolute atomic E-state index is 14.3. The molecule has 0 fully saturated rings. The predicted molar refractivity (Wildman–Crippen MR) is 121 cm³/mol. The van der Waals surface area contributed by atoms with Gasteiger partial charge in [0.1, 0.15) is 17.4 Å². The highest BCUT2D eigenvalue weighted by Crippen LogP contribution is 2.31. The lowest BCUT2D eigenvalue weighted by atomic mass is 10.1. The topological polar surface area (TPSA) is 62.3 Å². The molecule has 0 unspecified atom stereocenters. The van der Waals surface area contributed by atoms with Gasteiger partial charge in [0.25, 0.3) is 0 Å². The number of hydrogen-bond donors (Lipinski definition) is 2. The summed E-state index contributed by atoms with van der Waals surface area (Å²) in [6.45, 7) is 1.39. The summed E-state index contributed by atoms with van der Waals surface area (Å²) in [5.74, 6) is -0.526. The van der Waals surface area contributed by atoms with Crippen LogP contribution >= 0.6 is 11.6 Å². The molecule has 3 aromatic rings. The molecular weight excluding hydrogens is 462 g/mol. The molecule has 3 rings (SSSR count). The molecule has 0 aliphatic heterocycles. The maximum atomic E-state index is 14.3. The minimum absolute atomic E-state index is 0.0246. The van der Waals surface area contributed by atoms with Gasteiger partial charge in [0.2, 0.25) is 5.95 Å². The van der Waals surface area contributed by atoms with E-state index in [1.165, 1.54) is 42.5 Å². The second kappa shape index (κ2) is 10.7. The van der Waals surface area contributed by atoms with Gasteiger partial charge in [-0.3, -0.25) is 0 Å². The van der Waals surface area contributed by atoms with Gasteiger partial charge < -0.3 is 20.3 Å². The van der Waals surface area contributed by atoms with Gasteiger partial charge in [-0.1, -0.05) is 29.8 Å². The quantitative estimate of drug-likeness (QED) is 0.290. The van der Waals surface area contributed by atoms with Crippen LogP contribution in [-0.4, -0.2) is 48.4 Å². The Morgan fingerprint density at radius 2 is 1.82 bits per heavy atom. The van der Waals surface area contributed by atoms with E-state index in [1.54, 1.807) is 6.07 Å². The highest BCUT2D eigenvalue weighted by molar-refractivity contribution is 6.33. The van der Waals surface area contributed by atoms with Gasteiger partial charge in [0, 0.05) is 18.2 Å². The molecule has 0 bridgehead atoms. The van der Waals surface area contributed by atoms with Gasteiger partial charge in [-0.25, -0.2) is 9.37 Å². The summed E-state index contributed by atoms with van der Waals surface area (Å²) in [4.78, 5) is 10.8. The largest absolute Gasteiger partial charge is 0.573 e. The van der Waals surface area contributed by atoms with Crippen LogP contribution in [-0.2, 0) is 0 Å². The highest BCUT2D eigenvalue weighted by Gasteiger charge is 2.31. The molecule has 0 atom stereocenters. The highest BCUT2D eigenvalue weighted by atomic mass is 35.5. The summed E-state index contributed by atoms with van der Waals surface area (Å²) in [6.07, 6.45) is -4.02. The lowest BCUT2D eigenvalue weighted by Gasteiger charge is -2.14. The van der Waals surface area contributed by atoms with E-state index in [9.17, 15) is 17.6 Å². The van der Waals surface area contributed by atoms with Crippen molar-refractivity contribution in [2.45, 2.75) is 12.8 Å². The molecule has 2 N–H and O–H groups in total. The van der Waals surface area contributed by atoms with E-state index >= 15 is 0 Å². The summed E-state index contributed by atoms with van der Waals surface area (Å²) >= 11 is 6.10. The normalized spacial score (nSPS) is 11.5. The van der Waals surface area contributed by atoms with Crippen molar-refractivity contribution in [1.82, 2.24) is 14.9 Å². The maximum Gasteiger partial charge on any atom is 0.573 e. The number of para-hydroxylation sites is 1. The van der Waals surface area contributed by atoms with Crippen molar-refractivity contribution in [2.24, 2.45) is 0 Å². The smallest absolute Gasteiger partial charge is 0.406 e. The molecule has 2 aromatic carbocycles. The van der Waals surface area contributed by atoms with Gasteiger partial charge in [0.15, 0.2) is 0 Å². The minimum atomic E-state index is -4.82. The van der Waals surface area contributed by atoms with Crippen LogP contribution in [0.2, 0.25) is 5.02 Å². The zero-order valence-corrected chi connectivity index (χ0v) is 18.6. The molecule has 33 heavy (non-hydrogen) atoms. The number of aromatic nitrogens is 2. The van der Waals surface area contributed by atoms with Crippen LogP contribution in [0.15, 0.2) is 48.5 Å². The molecule has 0 aliphatic carbocycles. The molecule has 0 aliphatic rings. The molecule has 1 heterocycles. The number of rotatable bonds is 9. The average molecular weight is 484 g/mol. The van der Waals surface area contributed by atoms with Crippen molar-refractivity contribution in [3.05, 3.63) is 59.4 Å². The minimum Gasteiger partial charge on any atom is -0.406 e. The van der Waals surface area contributed by atoms with Gasteiger partial charge >= 0.3 is 6.36 Å². The zero-order valence-electron chi connectivity index (χ0n) is 17.9. The van der Waals surface area contributed by atoms with E-state index in [4.69, 9.17) is 11.6 Å². The first-order valence-electron chi connectivity index (χ1n) is 9.95. The molecule has 0 radical (unpaired) electrons. The second-order valence-electron chi connectivity index (χ2n) is 7.34. The lowest BCUT2D eigenvalue weighted by Crippen LogP contribution is -2.17. The Morgan fingerprint density at radius 1 is 1.06 bits per heavy atom. The SMILES string of the molecule is CN(C)CCCNc1nc(Nc2c(F)cccc2Cl)cc(-c2cccc(OC(F)(F)F)c2)n1. The van der Waals surface area contributed by atoms with Crippen molar-refractivity contribution in [3.8, 4) is 17.0 Å². The summed E-state index contributed by atoms with van der Waals surface area (Å²) in [5.41, 5.74) is 0.692. The van der Waals surface area contributed by atoms with E-state index in [2.05, 4.69) is 25.3 Å². The Hall–Kier alpha value is -3.11. The Labute approximate surface area is 193 Å². The molecule has 0 saturated heterocycles. The fraction of sp³-hybridized carbons (Fsp3) is 0.273. The first-order chi connectivity index (χ1) is 15.6. The van der Waals surface area contributed by atoms with Crippen LogP contribution in [0.4, 0.5) is 35.0 Å². The third kappa shape index (κ3) is 7.47. The van der Waals surface area contributed by atoms with Crippen LogP contribution in [0.3, 0.4) is 0 Å². The molecule has 176 valence electrons. The molecular formula is C22H22ClF4N5O. The monoisotopic (exact) mass is 483 g/mol. The summed E-state index contributed by atoms with van der Waals surface area (Å²) in [6, 6.07) is 11.1. The summed E-state index contributed by atoms with van der Waals surface area (Å²) in [5, 5.41) is 6.08. The lowest BCUT2D eigenvalue weighted by molar-refractivity contribution is -0.274. The Balaban J connectivity index is 1.94. The van der Waals surface area contributed by atoms with Crippen molar-refractivity contribution in [1.29, 1.82) is 0 Å². The van der Waals surface area contributed by atoms with Crippen LogP contribution in [0.5, 0.6) is 5.75 Å². The van der Waals surface area contributed by atoms with Crippen LogP contribution < -0.4 is 15.4 Å². The number of nitrogens with zero attached hydrogens (tertiary/aromatic N) is 3. The number of hydrogen-bond acceptors (Lipinski definition) is 6.